The molecule has 1 aromatic rings. The van der Waals surface area contributed by atoms with Crippen LogP contribution in [-0.2, 0) is 4.79 Å². The number of benzene rings is 1. The predicted octanol–water partition coefficient (Wildman–Crippen LogP) is 4.18. The van der Waals surface area contributed by atoms with Crippen molar-refractivity contribution in [3.63, 3.8) is 0 Å². The van der Waals surface area contributed by atoms with Gasteiger partial charge in [0.2, 0.25) is 0 Å². The molecule has 7 heteroatoms. The summed E-state index contributed by atoms with van der Waals surface area (Å²) in [6.07, 6.45) is -4.93. The van der Waals surface area contributed by atoms with Gasteiger partial charge in [0, 0.05) is 6.42 Å². The van der Waals surface area contributed by atoms with E-state index in [4.69, 9.17) is 5.11 Å². The molecular formula is C14H13F5O2. The van der Waals surface area contributed by atoms with Gasteiger partial charge in [-0.3, -0.25) is 4.79 Å². The van der Waals surface area contributed by atoms with Crippen LogP contribution in [0.5, 0.6) is 0 Å². The molecule has 116 valence electrons. The minimum atomic E-state index is -4.65. The Bertz CT molecular complexity index is 535. The summed E-state index contributed by atoms with van der Waals surface area (Å²) in [4.78, 5) is 11.1. The number of carbonyl (C=O) groups is 1. The molecule has 0 radical (unpaired) electrons. The molecule has 0 aromatic heterocycles. The van der Waals surface area contributed by atoms with Gasteiger partial charge in [-0.2, -0.15) is 13.2 Å². The molecule has 1 N–H and O–H groups in total. The molecule has 0 amide bonds. The van der Waals surface area contributed by atoms with E-state index in [-0.39, 0.29) is 12.0 Å². The number of carboxylic acid groups (broad SMARTS) is 1. The first-order valence-corrected chi connectivity index (χ1v) is 6.31. The van der Waals surface area contributed by atoms with Crippen LogP contribution in [0, 0.1) is 5.92 Å². The second kappa shape index (κ2) is 4.96. The second-order valence-corrected chi connectivity index (χ2v) is 5.33. The first-order valence-electron chi connectivity index (χ1n) is 6.31. The van der Waals surface area contributed by atoms with Crippen molar-refractivity contribution in [3.8, 4) is 0 Å². The van der Waals surface area contributed by atoms with E-state index in [0.29, 0.717) is 5.56 Å². The molecule has 1 saturated carbocycles. The van der Waals surface area contributed by atoms with Gasteiger partial charge in [0.15, 0.2) is 0 Å². The molecular weight excluding hydrogens is 295 g/mol. The van der Waals surface area contributed by atoms with Crippen LogP contribution < -0.4 is 0 Å². The van der Waals surface area contributed by atoms with E-state index in [1.807, 2.05) is 0 Å². The average molecular weight is 308 g/mol. The zero-order valence-electron chi connectivity index (χ0n) is 11.0. The Morgan fingerprint density at radius 2 is 1.76 bits per heavy atom. The molecule has 1 aliphatic rings. The van der Waals surface area contributed by atoms with E-state index < -0.39 is 35.8 Å². The van der Waals surface area contributed by atoms with Crippen LogP contribution in [0.1, 0.15) is 36.3 Å². The number of carboxylic acids is 1. The summed E-state index contributed by atoms with van der Waals surface area (Å²) in [7, 11) is 0. The standard InChI is InChI=1S/C14H13F5O2/c1-7(14(17,18)19)11(12(20)21)9-4-2-8(3-5-9)10-6-13(10,15)16/h2-5,7,10-11H,6H2,1H3,(H,20,21)/t7-,10?,11?/m1/s1. The molecule has 21 heavy (non-hydrogen) atoms. The predicted molar refractivity (Wildman–Crippen MR) is 64.3 cm³/mol. The lowest BCUT2D eigenvalue weighted by atomic mass is 9.86. The summed E-state index contributed by atoms with van der Waals surface area (Å²) in [6, 6.07) is 4.93. The number of hydrogen-bond acceptors (Lipinski definition) is 1. The molecule has 0 spiro atoms. The fourth-order valence-electron chi connectivity index (χ4n) is 2.34. The highest BCUT2D eigenvalue weighted by molar-refractivity contribution is 5.76. The van der Waals surface area contributed by atoms with E-state index in [0.717, 1.165) is 6.92 Å². The van der Waals surface area contributed by atoms with Crippen molar-refractivity contribution in [1.82, 2.24) is 0 Å². The number of halogens is 5. The summed E-state index contributed by atoms with van der Waals surface area (Å²) in [6.45, 7) is 0.793. The molecule has 1 aromatic carbocycles. The highest BCUT2D eigenvalue weighted by atomic mass is 19.4. The van der Waals surface area contributed by atoms with Crippen molar-refractivity contribution in [3.05, 3.63) is 35.4 Å². The minimum absolute atomic E-state index is 0.0416. The number of hydrogen-bond donors (Lipinski definition) is 1. The molecule has 1 fully saturated rings. The van der Waals surface area contributed by atoms with Crippen molar-refractivity contribution in [1.29, 1.82) is 0 Å². The zero-order valence-corrected chi connectivity index (χ0v) is 11.0. The SMILES string of the molecule is C[C@H](C(C(=O)O)c1ccc(C2CC2(F)F)cc1)C(F)(F)F. The fourth-order valence-corrected chi connectivity index (χ4v) is 2.34. The number of rotatable bonds is 4. The molecule has 0 bridgehead atoms. The normalized spacial score (nSPS) is 23.4. The molecule has 2 rings (SSSR count). The van der Waals surface area contributed by atoms with Crippen LogP contribution in [0.25, 0.3) is 0 Å². The molecule has 1 aliphatic carbocycles. The van der Waals surface area contributed by atoms with E-state index in [2.05, 4.69) is 0 Å². The molecule has 2 unspecified atom stereocenters. The maximum Gasteiger partial charge on any atom is 0.392 e. The van der Waals surface area contributed by atoms with Crippen LogP contribution in [-0.4, -0.2) is 23.2 Å². The van der Waals surface area contributed by atoms with Crippen molar-refractivity contribution >= 4 is 5.97 Å². The third-order valence-electron chi connectivity index (χ3n) is 3.81. The number of alkyl halides is 5. The third kappa shape index (κ3) is 3.16. The molecule has 0 heterocycles. The van der Waals surface area contributed by atoms with E-state index in [9.17, 15) is 26.7 Å². The first kappa shape index (κ1) is 15.7. The van der Waals surface area contributed by atoms with Crippen molar-refractivity contribution < 1.29 is 31.9 Å². The Kier molecular flexibility index (Phi) is 3.71. The Labute approximate surface area is 117 Å². The maximum absolute atomic E-state index is 12.9. The molecule has 2 nitrogen and oxygen atoms in total. The van der Waals surface area contributed by atoms with Gasteiger partial charge in [-0.05, 0) is 11.1 Å². The zero-order chi connectivity index (χ0) is 16.0. The van der Waals surface area contributed by atoms with E-state index in [1.54, 1.807) is 0 Å². The van der Waals surface area contributed by atoms with Crippen LogP contribution in [0.3, 0.4) is 0 Å². The topological polar surface area (TPSA) is 37.3 Å². The fraction of sp³-hybridized carbons (Fsp3) is 0.500. The van der Waals surface area contributed by atoms with E-state index in [1.165, 1.54) is 24.3 Å². The van der Waals surface area contributed by atoms with Gasteiger partial charge in [-0.1, -0.05) is 31.2 Å². The summed E-state index contributed by atoms with van der Waals surface area (Å²) >= 11 is 0. The lowest BCUT2D eigenvalue weighted by molar-refractivity contribution is -0.183. The molecule has 3 atom stereocenters. The maximum atomic E-state index is 12.9. The van der Waals surface area contributed by atoms with Crippen LogP contribution in [0.15, 0.2) is 24.3 Å². The summed E-state index contributed by atoms with van der Waals surface area (Å²) in [5.74, 6) is -9.10. The lowest BCUT2D eigenvalue weighted by Gasteiger charge is -2.23. The Morgan fingerprint density at radius 3 is 2.10 bits per heavy atom. The van der Waals surface area contributed by atoms with Gasteiger partial charge in [-0.15, -0.1) is 0 Å². The summed E-state index contributed by atoms with van der Waals surface area (Å²) < 4.78 is 63.9. The minimum Gasteiger partial charge on any atom is -0.481 e. The highest BCUT2D eigenvalue weighted by Crippen LogP contribution is 2.55. The summed E-state index contributed by atoms with van der Waals surface area (Å²) in [5, 5.41) is 9.01. The quantitative estimate of drug-likeness (QED) is 0.847. The highest BCUT2D eigenvalue weighted by Gasteiger charge is 2.57. The third-order valence-corrected chi connectivity index (χ3v) is 3.81. The monoisotopic (exact) mass is 308 g/mol. The molecule has 0 aliphatic heterocycles. The second-order valence-electron chi connectivity index (χ2n) is 5.33. The van der Waals surface area contributed by atoms with Crippen LogP contribution >= 0.6 is 0 Å². The van der Waals surface area contributed by atoms with Gasteiger partial charge in [0.1, 0.15) is 0 Å². The smallest absolute Gasteiger partial charge is 0.392 e. The van der Waals surface area contributed by atoms with Crippen molar-refractivity contribution in [2.24, 2.45) is 5.92 Å². The van der Waals surface area contributed by atoms with Crippen LogP contribution in [0.4, 0.5) is 22.0 Å². The van der Waals surface area contributed by atoms with Gasteiger partial charge < -0.3 is 5.11 Å². The van der Waals surface area contributed by atoms with Crippen LogP contribution in [0.2, 0.25) is 0 Å². The van der Waals surface area contributed by atoms with Gasteiger partial charge in [0.25, 0.3) is 5.92 Å². The Morgan fingerprint density at radius 1 is 1.29 bits per heavy atom. The van der Waals surface area contributed by atoms with E-state index >= 15 is 0 Å². The first-order chi connectivity index (χ1) is 9.54. The number of aliphatic carboxylic acids is 1. The Balaban J connectivity index is 2.24. The average Bonchev–Trinajstić information content (AvgIpc) is 2.98. The van der Waals surface area contributed by atoms with Gasteiger partial charge in [0.05, 0.1) is 17.8 Å². The van der Waals surface area contributed by atoms with Crippen molar-refractivity contribution in [2.75, 3.05) is 0 Å². The molecule has 0 saturated heterocycles. The Hall–Kier alpha value is -1.66. The van der Waals surface area contributed by atoms with Crippen molar-refractivity contribution in [2.45, 2.75) is 37.3 Å². The largest absolute Gasteiger partial charge is 0.481 e. The van der Waals surface area contributed by atoms with Gasteiger partial charge >= 0.3 is 12.1 Å². The summed E-state index contributed by atoms with van der Waals surface area (Å²) in [5.41, 5.74) is 0.271. The van der Waals surface area contributed by atoms with Gasteiger partial charge in [-0.25, -0.2) is 8.78 Å². The lowest BCUT2D eigenvalue weighted by Crippen LogP contribution is -2.31.